The van der Waals surface area contributed by atoms with E-state index in [2.05, 4.69) is 64.6 Å². The van der Waals surface area contributed by atoms with Gasteiger partial charge in [-0.25, -0.2) is 0 Å². The summed E-state index contributed by atoms with van der Waals surface area (Å²) in [6, 6.07) is 15.0. The number of rotatable bonds is 8. The minimum Gasteiger partial charge on any atom is -0.375 e. The van der Waals surface area contributed by atoms with Gasteiger partial charge < -0.3 is 10.1 Å². The van der Waals surface area contributed by atoms with Crippen molar-refractivity contribution in [1.29, 1.82) is 0 Å². The van der Waals surface area contributed by atoms with E-state index in [4.69, 9.17) is 4.74 Å². The van der Waals surface area contributed by atoms with Crippen LogP contribution in [0.5, 0.6) is 0 Å². The van der Waals surface area contributed by atoms with E-state index in [1.54, 1.807) is 18.4 Å². The van der Waals surface area contributed by atoms with Crippen LogP contribution in [0.25, 0.3) is 0 Å². The highest BCUT2D eigenvalue weighted by molar-refractivity contribution is 9.11. The van der Waals surface area contributed by atoms with Crippen molar-refractivity contribution in [3.05, 3.63) is 56.7 Å². The molecular formula is C17H22BrNOS. The molecule has 4 heteroatoms. The summed E-state index contributed by atoms with van der Waals surface area (Å²) in [5, 5.41) is 3.64. The maximum Gasteiger partial charge on any atom is 0.0977 e. The third kappa shape index (κ3) is 4.92. The van der Waals surface area contributed by atoms with E-state index in [0.717, 1.165) is 19.4 Å². The molecule has 0 fully saturated rings. The Hall–Kier alpha value is -0.680. The molecule has 1 aromatic heterocycles. The summed E-state index contributed by atoms with van der Waals surface area (Å²) in [4.78, 5) is 1.37. The van der Waals surface area contributed by atoms with Crippen molar-refractivity contribution >= 4 is 27.3 Å². The highest BCUT2D eigenvalue weighted by Crippen LogP contribution is 2.28. The molecule has 0 aliphatic rings. The van der Waals surface area contributed by atoms with Gasteiger partial charge in [0.25, 0.3) is 0 Å². The summed E-state index contributed by atoms with van der Waals surface area (Å²) in [6.45, 7) is 3.19. The van der Waals surface area contributed by atoms with Gasteiger partial charge in [0.1, 0.15) is 0 Å². The quantitative estimate of drug-likeness (QED) is 0.722. The van der Waals surface area contributed by atoms with Crippen LogP contribution in [0.3, 0.4) is 0 Å². The van der Waals surface area contributed by atoms with E-state index in [1.165, 1.54) is 14.2 Å². The molecule has 2 nitrogen and oxygen atoms in total. The average molecular weight is 368 g/mol. The fraction of sp³-hybridized carbons (Fsp3) is 0.412. The van der Waals surface area contributed by atoms with Crippen LogP contribution in [-0.4, -0.2) is 19.7 Å². The Morgan fingerprint density at radius 3 is 2.52 bits per heavy atom. The first kappa shape index (κ1) is 16.7. The second-order valence-electron chi connectivity index (χ2n) is 5.04. The van der Waals surface area contributed by atoms with Crippen molar-refractivity contribution in [1.82, 2.24) is 5.32 Å². The molecule has 1 N–H and O–H groups in total. The van der Waals surface area contributed by atoms with Crippen molar-refractivity contribution < 1.29 is 4.74 Å². The molecule has 2 rings (SSSR count). The molecule has 2 atom stereocenters. The van der Waals surface area contributed by atoms with Crippen LogP contribution < -0.4 is 5.32 Å². The summed E-state index contributed by atoms with van der Waals surface area (Å²) in [5.74, 6) is 0. The van der Waals surface area contributed by atoms with E-state index < -0.39 is 0 Å². The summed E-state index contributed by atoms with van der Waals surface area (Å²) >= 11 is 5.33. The predicted octanol–water partition coefficient (Wildman–Crippen LogP) is 4.81. The number of thiophene rings is 1. The Balaban J connectivity index is 2.16. The van der Waals surface area contributed by atoms with E-state index in [-0.39, 0.29) is 12.1 Å². The zero-order valence-electron chi connectivity index (χ0n) is 12.5. The standard InChI is InChI=1S/C17H22BrNOS/c1-3-11-19-15(12-14-9-10-16(18)21-14)17(20-2)13-7-5-4-6-8-13/h4-10,15,17,19H,3,11-12H2,1-2H3. The van der Waals surface area contributed by atoms with Gasteiger partial charge >= 0.3 is 0 Å². The molecule has 0 amide bonds. The second-order valence-corrected chi connectivity index (χ2v) is 7.59. The Morgan fingerprint density at radius 2 is 1.95 bits per heavy atom. The van der Waals surface area contributed by atoms with E-state index >= 15 is 0 Å². The number of benzene rings is 1. The number of nitrogens with one attached hydrogen (secondary N) is 1. The predicted molar refractivity (Wildman–Crippen MR) is 94.0 cm³/mol. The summed E-state index contributed by atoms with van der Waals surface area (Å²) in [7, 11) is 1.79. The summed E-state index contributed by atoms with van der Waals surface area (Å²) in [6.07, 6.45) is 2.16. The number of hydrogen-bond donors (Lipinski definition) is 1. The molecule has 1 aromatic carbocycles. The molecule has 0 saturated heterocycles. The zero-order chi connectivity index (χ0) is 15.1. The lowest BCUT2D eigenvalue weighted by Gasteiger charge is -2.27. The van der Waals surface area contributed by atoms with Gasteiger partial charge in [0, 0.05) is 18.0 Å². The van der Waals surface area contributed by atoms with Crippen LogP contribution >= 0.6 is 27.3 Å². The monoisotopic (exact) mass is 367 g/mol. The highest BCUT2D eigenvalue weighted by atomic mass is 79.9. The van der Waals surface area contributed by atoms with Gasteiger partial charge in [-0.05, 0) is 53.0 Å². The van der Waals surface area contributed by atoms with Crippen molar-refractivity contribution in [3.63, 3.8) is 0 Å². The highest BCUT2D eigenvalue weighted by Gasteiger charge is 2.23. The molecule has 2 unspecified atom stereocenters. The van der Waals surface area contributed by atoms with E-state index in [9.17, 15) is 0 Å². The Labute approximate surface area is 139 Å². The molecule has 0 radical (unpaired) electrons. The van der Waals surface area contributed by atoms with Crippen molar-refractivity contribution in [2.24, 2.45) is 0 Å². The van der Waals surface area contributed by atoms with Gasteiger partial charge in [0.15, 0.2) is 0 Å². The first-order valence-corrected chi connectivity index (χ1v) is 8.91. The van der Waals surface area contributed by atoms with E-state index in [0.29, 0.717) is 0 Å². The fourth-order valence-electron chi connectivity index (χ4n) is 2.47. The largest absolute Gasteiger partial charge is 0.375 e. The average Bonchev–Trinajstić information content (AvgIpc) is 2.91. The van der Waals surface area contributed by atoms with Crippen LogP contribution in [0.1, 0.15) is 29.9 Å². The minimum atomic E-state index is 0.0682. The zero-order valence-corrected chi connectivity index (χ0v) is 14.9. The first-order valence-electron chi connectivity index (χ1n) is 7.30. The van der Waals surface area contributed by atoms with Crippen molar-refractivity contribution in [2.45, 2.75) is 31.9 Å². The maximum atomic E-state index is 5.80. The van der Waals surface area contributed by atoms with Crippen LogP contribution in [0.2, 0.25) is 0 Å². The summed E-state index contributed by atoms with van der Waals surface area (Å²) in [5.41, 5.74) is 1.23. The topological polar surface area (TPSA) is 21.3 Å². The molecule has 114 valence electrons. The lowest BCUT2D eigenvalue weighted by molar-refractivity contribution is 0.0681. The lowest BCUT2D eigenvalue weighted by Crippen LogP contribution is -2.38. The second kappa shape index (κ2) is 8.69. The molecule has 21 heavy (non-hydrogen) atoms. The third-order valence-corrected chi connectivity index (χ3v) is 5.10. The van der Waals surface area contributed by atoms with E-state index in [1.807, 2.05) is 6.07 Å². The fourth-order valence-corrected chi connectivity index (χ4v) is 4.01. The van der Waals surface area contributed by atoms with Gasteiger partial charge in [-0.1, -0.05) is 37.3 Å². The molecule has 1 heterocycles. The molecule has 2 aromatic rings. The molecule has 0 saturated carbocycles. The number of ether oxygens (including phenoxy) is 1. The van der Waals surface area contributed by atoms with Crippen LogP contribution in [0, 0.1) is 0 Å². The Kier molecular flexibility index (Phi) is 6.90. The first-order chi connectivity index (χ1) is 10.2. The van der Waals surface area contributed by atoms with Gasteiger partial charge in [0.05, 0.1) is 9.89 Å². The van der Waals surface area contributed by atoms with Crippen molar-refractivity contribution in [3.8, 4) is 0 Å². The SMILES string of the molecule is CCCNC(Cc1ccc(Br)s1)C(OC)c1ccccc1. The number of methoxy groups -OCH3 is 1. The smallest absolute Gasteiger partial charge is 0.0977 e. The molecule has 0 aliphatic heterocycles. The van der Waals surface area contributed by atoms with Crippen LogP contribution in [0.4, 0.5) is 0 Å². The Morgan fingerprint density at radius 1 is 1.19 bits per heavy atom. The van der Waals surface area contributed by atoms with Crippen molar-refractivity contribution in [2.75, 3.05) is 13.7 Å². The van der Waals surface area contributed by atoms with Crippen LogP contribution in [0.15, 0.2) is 46.3 Å². The van der Waals surface area contributed by atoms with Gasteiger partial charge in [-0.15, -0.1) is 11.3 Å². The molecule has 0 aliphatic carbocycles. The molecule has 0 bridgehead atoms. The molecule has 0 spiro atoms. The van der Waals surface area contributed by atoms with Gasteiger partial charge in [0.2, 0.25) is 0 Å². The number of hydrogen-bond acceptors (Lipinski definition) is 3. The molecular weight excluding hydrogens is 346 g/mol. The third-order valence-electron chi connectivity index (χ3n) is 3.45. The van der Waals surface area contributed by atoms with Crippen LogP contribution in [-0.2, 0) is 11.2 Å². The maximum absolute atomic E-state index is 5.80. The summed E-state index contributed by atoms with van der Waals surface area (Å²) < 4.78 is 6.99. The number of halogens is 1. The van der Waals surface area contributed by atoms with Gasteiger partial charge in [-0.2, -0.15) is 0 Å². The lowest BCUT2D eigenvalue weighted by atomic mass is 9.98. The normalized spacial score (nSPS) is 14.0. The van der Waals surface area contributed by atoms with Gasteiger partial charge in [-0.3, -0.25) is 0 Å². The Bertz CT molecular complexity index is 529. The minimum absolute atomic E-state index is 0.0682.